The van der Waals surface area contributed by atoms with E-state index < -0.39 is 43.4 Å². The lowest BCUT2D eigenvalue weighted by molar-refractivity contribution is -0.155. The van der Waals surface area contributed by atoms with Crippen LogP contribution in [0.25, 0.3) is 0 Å². The van der Waals surface area contributed by atoms with Crippen LogP contribution in [0, 0.1) is 0 Å². The number of carbonyl (C=O) groups is 5. The summed E-state index contributed by atoms with van der Waals surface area (Å²) in [6.07, 6.45) is -0.478. The van der Waals surface area contributed by atoms with Gasteiger partial charge in [-0.3, -0.25) is 29.0 Å². The quantitative estimate of drug-likeness (QED) is 0.470. The third-order valence-corrected chi connectivity index (χ3v) is 3.26. The Kier molecular flexibility index (Phi) is 6.02. The van der Waals surface area contributed by atoms with Crippen molar-refractivity contribution in [2.75, 3.05) is 33.3 Å². The van der Waals surface area contributed by atoms with Crippen LogP contribution in [-0.2, 0) is 23.9 Å². The molecule has 0 saturated carbocycles. The van der Waals surface area contributed by atoms with E-state index in [4.69, 9.17) is 4.74 Å². The maximum atomic E-state index is 11.7. The van der Waals surface area contributed by atoms with Crippen LogP contribution >= 0.6 is 0 Å². The van der Waals surface area contributed by atoms with Gasteiger partial charge in [0, 0.05) is 20.1 Å². The maximum Gasteiger partial charge on any atom is 0.333 e. The van der Waals surface area contributed by atoms with E-state index in [1.165, 1.54) is 11.9 Å². The van der Waals surface area contributed by atoms with Crippen molar-refractivity contribution >= 4 is 29.7 Å². The molecule has 1 saturated heterocycles. The summed E-state index contributed by atoms with van der Waals surface area (Å²) >= 11 is 0. The Morgan fingerprint density at radius 1 is 1.14 bits per heavy atom. The van der Waals surface area contributed by atoms with Crippen molar-refractivity contribution in [2.24, 2.45) is 0 Å². The molecule has 0 unspecified atom stereocenters. The van der Waals surface area contributed by atoms with E-state index in [9.17, 15) is 24.0 Å². The van der Waals surface area contributed by atoms with E-state index in [1.54, 1.807) is 13.8 Å². The first kappa shape index (κ1) is 17.6. The van der Waals surface area contributed by atoms with Crippen molar-refractivity contribution < 1.29 is 28.7 Å². The molecule has 1 aliphatic rings. The summed E-state index contributed by atoms with van der Waals surface area (Å²) in [6.45, 7) is 3.49. The second-order valence-corrected chi connectivity index (χ2v) is 4.62. The zero-order valence-electron chi connectivity index (χ0n) is 12.8. The van der Waals surface area contributed by atoms with Crippen molar-refractivity contribution in [3.8, 4) is 0 Å². The molecule has 5 amide bonds. The van der Waals surface area contributed by atoms with Crippen molar-refractivity contribution in [2.45, 2.75) is 20.3 Å². The highest BCUT2D eigenvalue weighted by molar-refractivity contribution is 6.14. The zero-order valence-corrected chi connectivity index (χ0v) is 12.8. The minimum absolute atomic E-state index is 0.359. The average Bonchev–Trinajstić information content (AvgIpc) is 2.48. The van der Waals surface area contributed by atoms with Crippen LogP contribution in [0.5, 0.6) is 0 Å². The summed E-state index contributed by atoms with van der Waals surface area (Å²) in [7, 11) is 1.22. The zero-order chi connectivity index (χ0) is 16.9. The van der Waals surface area contributed by atoms with E-state index >= 15 is 0 Å². The summed E-state index contributed by atoms with van der Waals surface area (Å²) in [5, 5.41) is 0. The highest BCUT2D eigenvalue weighted by atomic mass is 16.5. The molecule has 122 valence electrons. The minimum Gasteiger partial charge on any atom is -0.454 e. The number of likely N-dealkylation sites (N-methyl/N-ethyl adjacent to an activating group) is 1. The molecule has 0 aromatic carbocycles. The van der Waals surface area contributed by atoms with Gasteiger partial charge in [0.25, 0.3) is 5.91 Å². The fraction of sp³-hybridized carbons (Fsp3) is 0.615. The van der Waals surface area contributed by atoms with Gasteiger partial charge < -0.3 is 9.64 Å². The summed E-state index contributed by atoms with van der Waals surface area (Å²) in [5.74, 6) is -2.64. The molecule has 0 aromatic rings. The number of hydrogen-bond donors (Lipinski definition) is 0. The van der Waals surface area contributed by atoms with Crippen molar-refractivity contribution in [1.82, 2.24) is 14.7 Å². The third kappa shape index (κ3) is 4.03. The summed E-state index contributed by atoms with van der Waals surface area (Å²) in [5.41, 5.74) is 0. The average molecular weight is 313 g/mol. The topological polar surface area (TPSA) is 104 Å². The summed E-state index contributed by atoms with van der Waals surface area (Å²) in [4.78, 5) is 60.9. The number of urea groups is 1. The number of carbonyl (C=O) groups excluding carboxylic acids is 5. The molecule has 0 aliphatic carbocycles. The van der Waals surface area contributed by atoms with Gasteiger partial charge >= 0.3 is 12.0 Å². The van der Waals surface area contributed by atoms with Gasteiger partial charge in [0.2, 0.25) is 11.8 Å². The monoisotopic (exact) mass is 313 g/mol. The highest BCUT2D eigenvalue weighted by Gasteiger charge is 2.37. The first-order chi connectivity index (χ1) is 10.3. The number of imide groups is 2. The predicted molar refractivity (Wildman–Crippen MR) is 73.4 cm³/mol. The Hall–Kier alpha value is -2.45. The molecule has 0 spiro atoms. The number of hydrogen-bond acceptors (Lipinski definition) is 6. The third-order valence-electron chi connectivity index (χ3n) is 3.26. The molecule has 1 aliphatic heterocycles. The Morgan fingerprint density at radius 2 is 1.73 bits per heavy atom. The van der Waals surface area contributed by atoms with E-state index in [2.05, 4.69) is 0 Å². The Bertz CT molecular complexity index is 500. The first-order valence-electron chi connectivity index (χ1n) is 6.86. The maximum absolute atomic E-state index is 11.7. The largest absolute Gasteiger partial charge is 0.454 e. The van der Waals surface area contributed by atoms with Gasteiger partial charge in [0.15, 0.2) is 6.61 Å². The molecule has 0 aromatic heterocycles. The number of esters is 1. The van der Waals surface area contributed by atoms with Crippen LogP contribution < -0.4 is 0 Å². The standard InChI is InChI=1S/C13H19N3O6/c1-4-15(5-2)11(19)8-22-12(20)7-16-10(18)6-9(17)14(3)13(16)21/h4-8H2,1-3H3. The van der Waals surface area contributed by atoms with Gasteiger partial charge in [-0.15, -0.1) is 0 Å². The molecule has 22 heavy (non-hydrogen) atoms. The lowest BCUT2D eigenvalue weighted by Crippen LogP contribution is -2.54. The van der Waals surface area contributed by atoms with Gasteiger partial charge in [0.05, 0.1) is 0 Å². The molecule has 0 N–H and O–H groups in total. The molecule has 9 nitrogen and oxygen atoms in total. The minimum atomic E-state index is -0.884. The molecular weight excluding hydrogens is 294 g/mol. The molecule has 0 bridgehead atoms. The van der Waals surface area contributed by atoms with E-state index in [1.807, 2.05) is 0 Å². The second kappa shape index (κ2) is 7.53. The fourth-order valence-corrected chi connectivity index (χ4v) is 1.88. The molecule has 0 radical (unpaired) electrons. The second-order valence-electron chi connectivity index (χ2n) is 4.62. The fourth-order valence-electron chi connectivity index (χ4n) is 1.88. The van der Waals surface area contributed by atoms with Gasteiger partial charge in [-0.25, -0.2) is 4.79 Å². The Balaban J connectivity index is 2.54. The number of barbiturate groups is 1. The van der Waals surface area contributed by atoms with E-state index in [0.717, 1.165) is 4.90 Å². The SMILES string of the molecule is CCN(CC)C(=O)COC(=O)CN1C(=O)CC(=O)N(C)C1=O. The van der Waals surface area contributed by atoms with Crippen LogP contribution in [-0.4, -0.2) is 77.7 Å². The van der Waals surface area contributed by atoms with Crippen LogP contribution in [0.1, 0.15) is 20.3 Å². The summed E-state index contributed by atoms with van der Waals surface area (Å²) in [6, 6.07) is -0.881. The van der Waals surface area contributed by atoms with Crippen LogP contribution in [0.15, 0.2) is 0 Å². The van der Waals surface area contributed by atoms with Crippen molar-refractivity contribution in [1.29, 1.82) is 0 Å². The molecule has 1 heterocycles. The molecule has 0 atom stereocenters. The van der Waals surface area contributed by atoms with Crippen molar-refractivity contribution in [3.05, 3.63) is 0 Å². The molecule has 1 rings (SSSR count). The van der Waals surface area contributed by atoms with Crippen LogP contribution in [0.2, 0.25) is 0 Å². The number of nitrogens with zero attached hydrogens (tertiary/aromatic N) is 3. The van der Waals surface area contributed by atoms with E-state index in [-0.39, 0.29) is 5.91 Å². The van der Waals surface area contributed by atoms with Gasteiger partial charge in [-0.2, -0.15) is 0 Å². The van der Waals surface area contributed by atoms with Crippen molar-refractivity contribution in [3.63, 3.8) is 0 Å². The molecular formula is C13H19N3O6. The smallest absolute Gasteiger partial charge is 0.333 e. The van der Waals surface area contributed by atoms with Crippen LogP contribution in [0.4, 0.5) is 4.79 Å². The Labute approximate surface area is 127 Å². The van der Waals surface area contributed by atoms with Gasteiger partial charge in [-0.05, 0) is 13.8 Å². The normalized spacial score (nSPS) is 15.1. The number of rotatable bonds is 6. The van der Waals surface area contributed by atoms with Gasteiger partial charge in [0.1, 0.15) is 13.0 Å². The Morgan fingerprint density at radius 3 is 2.27 bits per heavy atom. The summed E-state index contributed by atoms with van der Waals surface area (Å²) < 4.78 is 4.77. The number of amides is 5. The molecule has 1 fully saturated rings. The predicted octanol–water partition coefficient (Wildman–Crippen LogP) is -0.791. The first-order valence-corrected chi connectivity index (χ1v) is 6.86. The van der Waals surface area contributed by atoms with Crippen LogP contribution in [0.3, 0.4) is 0 Å². The lowest BCUT2D eigenvalue weighted by Gasteiger charge is -2.29. The molecule has 9 heteroatoms. The van der Waals surface area contributed by atoms with Gasteiger partial charge in [-0.1, -0.05) is 0 Å². The highest BCUT2D eigenvalue weighted by Crippen LogP contribution is 2.10. The number of ether oxygens (including phenoxy) is 1. The lowest BCUT2D eigenvalue weighted by atomic mass is 10.2. The van der Waals surface area contributed by atoms with E-state index in [0.29, 0.717) is 18.0 Å².